The Bertz CT molecular complexity index is 286. The molecule has 6 heteroatoms. The zero-order valence-corrected chi connectivity index (χ0v) is 10.9. The Morgan fingerprint density at radius 2 is 2.00 bits per heavy atom. The van der Waals surface area contributed by atoms with E-state index in [-0.39, 0.29) is 11.8 Å². The average Bonchev–Trinajstić information content (AvgIpc) is 2.27. The maximum atomic E-state index is 11.5. The number of hydrogen-bond acceptors (Lipinski definition) is 4. The first-order valence-corrected chi connectivity index (χ1v) is 7.49. The molecule has 0 amide bonds. The lowest BCUT2D eigenvalue weighted by Crippen LogP contribution is -2.47. The molecule has 0 bridgehead atoms. The van der Waals surface area contributed by atoms with Crippen LogP contribution in [-0.4, -0.2) is 58.0 Å². The first kappa shape index (κ1) is 13.9. The van der Waals surface area contributed by atoms with E-state index in [0.29, 0.717) is 13.0 Å². The van der Waals surface area contributed by atoms with Gasteiger partial charge in [0, 0.05) is 25.7 Å². The largest absolute Gasteiger partial charge is 0.379 e. The molecule has 0 saturated carbocycles. The van der Waals surface area contributed by atoms with Gasteiger partial charge in [-0.3, -0.25) is 4.90 Å². The van der Waals surface area contributed by atoms with Gasteiger partial charge in [0.05, 0.1) is 19.0 Å². The molecule has 1 atom stereocenters. The third kappa shape index (κ3) is 4.78. The number of hydrogen-bond donors (Lipinski definition) is 1. The highest BCUT2D eigenvalue weighted by atomic mass is 32.2. The van der Waals surface area contributed by atoms with Gasteiger partial charge in [0.25, 0.3) is 0 Å². The van der Waals surface area contributed by atoms with Crippen molar-refractivity contribution < 1.29 is 13.2 Å². The minimum absolute atomic E-state index is 0.211. The van der Waals surface area contributed by atoms with Crippen molar-refractivity contribution in [2.24, 2.45) is 0 Å². The van der Waals surface area contributed by atoms with Crippen LogP contribution in [0.2, 0.25) is 0 Å². The molecule has 1 N–H and O–H groups in total. The van der Waals surface area contributed by atoms with Crippen molar-refractivity contribution in [2.75, 3.05) is 38.6 Å². The summed E-state index contributed by atoms with van der Waals surface area (Å²) in [7, 11) is -3.07. The lowest BCUT2D eigenvalue weighted by Gasteiger charge is -2.32. The molecule has 0 spiro atoms. The fraction of sp³-hybridized carbons (Fsp3) is 1.00. The van der Waals surface area contributed by atoms with Gasteiger partial charge in [0.1, 0.15) is 0 Å². The van der Waals surface area contributed by atoms with E-state index >= 15 is 0 Å². The topological polar surface area (TPSA) is 58.6 Å². The van der Waals surface area contributed by atoms with Gasteiger partial charge in [-0.2, -0.15) is 0 Å². The maximum absolute atomic E-state index is 11.5. The van der Waals surface area contributed by atoms with Crippen LogP contribution in [0.1, 0.15) is 20.3 Å². The number of rotatable bonds is 6. The standard InChI is InChI=1S/C10H22N2O3S/c1-3-8-16(13,14)11-9-10(2)12-4-6-15-7-5-12/h10-11H,3-9H2,1-2H3/t10-/m0/s1. The van der Waals surface area contributed by atoms with Crippen LogP contribution < -0.4 is 4.72 Å². The molecule has 1 saturated heterocycles. The Morgan fingerprint density at radius 1 is 1.38 bits per heavy atom. The van der Waals surface area contributed by atoms with E-state index in [9.17, 15) is 8.42 Å². The second-order valence-corrected chi connectivity index (χ2v) is 6.09. The lowest BCUT2D eigenvalue weighted by molar-refractivity contribution is 0.0213. The van der Waals surface area contributed by atoms with Crippen molar-refractivity contribution in [3.8, 4) is 0 Å². The average molecular weight is 250 g/mol. The third-order valence-corrected chi connectivity index (χ3v) is 4.29. The molecular weight excluding hydrogens is 228 g/mol. The SMILES string of the molecule is CCCS(=O)(=O)NC[C@H](C)N1CCOCC1. The molecule has 0 aromatic rings. The first-order chi connectivity index (χ1) is 7.55. The second kappa shape index (κ2) is 6.54. The number of sulfonamides is 1. The molecular formula is C10H22N2O3S. The molecule has 5 nitrogen and oxygen atoms in total. The van der Waals surface area contributed by atoms with Crippen LogP contribution in [0.5, 0.6) is 0 Å². The highest BCUT2D eigenvalue weighted by molar-refractivity contribution is 7.89. The van der Waals surface area contributed by atoms with Crippen molar-refractivity contribution in [1.29, 1.82) is 0 Å². The summed E-state index contributed by atoms with van der Waals surface area (Å²) < 4.78 is 30.8. The fourth-order valence-corrected chi connectivity index (χ4v) is 2.91. The molecule has 0 radical (unpaired) electrons. The Labute approximate surface area is 98.2 Å². The van der Waals surface area contributed by atoms with Gasteiger partial charge in [-0.1, -0.05) is 6.92 Å². The van der Waals surface area contributed by atoms with Crippen molar-refractivity contribution in [3.05, 3.63) is 0 Å². The predicted octanol–water partition coefficient (Wildman–Crippen LogP) is 0.0365. The van der Waals surface area contributed by atoms with Crippen LogP contribution in [0.15, 0.2) is 0 Å². The monoisotopic (exact) mass is 250 g/mol. The van der Waals surface area contributed by atoms with Gasteiger partial charge >= 0.3 is 0 Å². The van der Waals surface area contributed by atoms with Crippen LogP contribution in [0.3, 0.4) is 0 Å². The summed E-state index contributed by atoms with van der Waals surface area (Å²) in [5, 5.41) is 0. The van der Waals surface area contributed by atoms with E-state index in [1.54, 1.807) is 0 Å². The summed E-state index contributed by atoms with van der Waals surface area (Å²) in [5.41, 5.74) is 0. The summed E-state index contributed by atoms with van der Waals surface area (Å²) in [6.07, 6.45) is 0.654. The summed E-state index contributed by atoms with van der Waals surface area (Å²) in [6, 6.07) is 0.232. The number of morpholine rings is 1. The van der Waals surface area contributed by atoms with E-state index in [0.717, 1.165) is 26.3 Å². The molecule has 0 aliphatic carbocycles. The quantitative estimate of drug-likeness (QED) is 0.723. The molecule has 1 aliphatic rings. The van der Waals surface area contributed by atoms with Crippen molar-refractivity contribution in [2.45, 2.75) is 26.3 Å². The molecule has 0 unspecified atom stereocenters. The molecule has 16 heavy (non-hydrogen) atoms. The van der Waals surface area contributed by atoms with Gasteiger partial charge in [-0.15, -0.1) is 0 Å². The van der Waals surface area contributed by atoms with Gasteiger partial charge in [0.15, 0.2) is 0 Å². The van der Waals surface area contributed by atoms with Crippen LogP contribution in [0.4, 0.5) is 0 Å². The van der Waals surface area contributed by atoms with E-state index in [1.807, 2.05) is 13.8 Å². The van der Waals surface area contributed by atoms with E-state index in [4.69, 9.17) is 4.74 Å². The minimum atomic E-state index is -3.07. The van der Waals surface area contributed by atoms with Crippen LogP contribution in [-0.2, 0) is 14.8 Å². The molecule has 1 aliphatic heterocycles. The molecule has 96 valence electrons. The van der Waals surface area contributed by atoms with Crippen molar-refractivity contribution in [1.82, 2.24) is 9.62 Å². The summed E-state index contributed by atoms with van der Waals surface area (Å²) >= 11 is 0. The van der Waals surface area contributed by atoms with Crippen LogP contribution in [0, 0.1) is 0 Å². The highest BCUT2D eigenvalue weighted by Gasteiger charge is 2.18. The Morgan fingerprint density at radius 3 is 2.56 bits per heavy atom. The normalized spacial score (nSPS) is 20.9. The van der Waals surface area contributed by atoms with E-state index in [2.05, 4.69) is 9.62 Å². The lowest BCUT2D eigenvalue weighted by atomic mass is 10.2. The zero-order chi connectivity index (χ0) is 12.0. The molecule has 0 aromatic heterocycles. The molecule has 1 rings (SSSR count). The summed E-state index contributed by atoms with van der Waals surface area (Å²) in [6.45, 7) is 7.65. The number of ether oxygens (including phenoxy) is 1. The van der Waals surface area contributed by atoms with Crippen LogP contribution in [0.25, 0.3) is 0 Å². The van der Waals surface area contributed by atoms with Crippen molar-refractivity contribution in [3.63, 3.8) is 0 Å². The Hall–Kier alpha value is -0.170. The summed E-state index contributed by atoms with van der Waals surface area (Å²) in [5.74, 6) is 0.211. The highest BCUT2D eigenvalue weighted by Crippen LogP contribution is 2.03. The third-order valence-electron chi connectivity index (χ3n) is 2.74. The van der Waals surface area contributed by atoms with Gasteiger partial charge < -0.3 is 4.74 Å². The van der Waals surface area contributed by atoms with Gasteiger partial charge in [0.2, 0.25) is 10.0 Å². The van der Waals surface area contributed by atoms with E-state index in [1.165, 1.54) is 0 Å². The zero-order valence-electron chi connectivity index (χ0n) is 10.1. The smallest absolute Gasteiger partial charge is 0.211 e. The van der Waals surface area contributed by atoms with Crippen LogP contribution >= 0.6 is 0 Å². The van der Waals surface area contributed by atoms with Gasteiger partial charge in [-0.25, -0.2) is 13.1 Å². The number of nitrogens with one attached hydrogen (secondary N) is 1. The Balaban J connectivity index is 2.31. The maximum Gasteiger partial charge on any atom is 0.211 e. The van der Waals surface area contributed by atoms with Gasteiger partial charge in [-0.05, 0) is 13.3 Å². The Kier molecular flexibility index (Phi) is 5.68. The molecule has 1 heterocycles. The first-order valence-electron chi connectivity index (χ1n) is 5.84. The predicted molar refractivity (Wildman–Crippen MR) is 63.9 cm³/mol. The van der Waals surface area contributed by atoms with E-state index < -0.39 is 10.0 Å². The van der Waals surface area contributed by atoms with Crippen molar-refractivity contribution >= 4 is 10.0 Å². The second-order valence-electron chi connectivity index (χ2n) is 4.16. The molecule has 0 aromatic carbocycles. The summed E-state index contributed by atoms with van der Waals surface area (Å²) in [4.78, 5) is 2.25. The fourth-order valence-electron chi connectivity index (χ4n) is 1.74. The number of nitrogens with zero attached hydrogens (tertiary/aromatic N) is 1. The molecule has 1 fully saturated rings. The minimum Gasteiger partial charge on any atom is -0.379 e.